The van der Waals surface area contributed by atoms with Crippen molar-refractivity contribution in [1.29, 1.82) is 0 Å². The number of amides is 1. The van der Waals surface area contributed by atoms with E-state index in [0.29, 0.717) is 12.8 Å². The van der Waals surface area contributed by atoms with E-state index in [0.717, 1.165) is 6.07 Å². The van der Waals surface area contributed by atoms with Crippen molar-refractivity contribution in [1.82, 2.24) is 5.32 Å². The van der Waals surface area contributed by atoms with Crippen LogP contribution in [0.2, 0.25) is 0 Å². The van der Waals surface area contributed by atoms with Crippen molar-refractivity contribution < 1.29 is 28.2 Å². The molecule has 5 nitrogen and oxygen atoms in total. The number of hydrogen-bond donors (Lipinski definition) is 2. The maximum absolute atomic E-state index is 12.0. The molecule has 7 heteroatoms. The average molecular weight is 271 g/mol. The summed E-state index contributed by atoms with van der Waals surface area (Å²) in [5.41, 5.74) is -1.14. The van der Waals surface area contributed by atoms with Crippen LogP contribution in [0.15, 0.2) is 24.3 Å². The SMILES string of the molecule is O=C(NC1(C(=O)O)CC1)c1cccc(OC(F)F)c1. The van der Waals surface area contributed by atoms with E-state index in [4.69, 9.17) is 5.11 Å². The lowest BCUT2D eigenvalue weighted by Crippen LogP contribution is -2.43. The first-order valence-electron chi connectivity index (χ1n) is 5.54. The number of alkyl halides is 2. The Bertz CT molecular complexity index is 514. The summed E-state index contributed by atoms with van der Waals surface area (Å²) in [5.74, 6) is -1.87. The summed E-state index contributed by atoms with van der Waals surface area (Å²) >= 11 is 0. The normalized spacial score (nSPS) is 15.9. The van der Waals surface area contributed by atoms with Crippen molar-refractivity contribution in [2.45, 2.75) is 25.0 Å². The van der Waals surface area contributed by atoms with Gasteiger partial charge in [0.05, 0.1) is 0 Å². The molecule has 1 saturated carbocycles. The number of carboxylic acids is 1. The number of carboxylic acid groups (broad SMARTS) is 1. The van der Waals surface area contributed by atoms with E-state index >= 15 is 0 Å². The molecule has 0 atom stereocenters. The van der Waals surface area contributed by atoms with Gasteiger partial charge in [0.1, 0.15) is 11.3 Å². The highest BCUT2D eigenvalue weighted by molar-refractivity contribution is 5.99. The third-order valence-corrected chi connectivity index (χ3v) is 2.83. The predicted octanol–water partition coefficient (Wildman–Crippen LogP) is 1.63. The molecule has 2 N–H and O–H groups in total. The number of rotatable bonds is 5. The quantitative estimate of drug-likeness (QED) is 0.853. The summed E-state index contributed by atoms with van der Waals surface area (Å²) in [5, 5.41) is 11.3. The van der Waals surface area contributed by atoms with E-state index in [1.54, 1.807) is 0 Å². The average Bonchev–Trinajstić information content (AvgIpc) is 3.09. The third-order valence-electron chi connectivity index (χ3n) is 2.83. The standard InChI is InChI=1S/C12H11F2NO4/c13-11(14)19-8-3-1-2-7(6-8)9(16)15-12(4-5-12)10(17)18/h1-3,6,11H,4-5H2,(H,15,16)(H,17,18). The van der Waals surface area contributed by atoms with Crippen LogP contribution in [-0.4, -0.2) is 29.1 Å². The molecule has 0 radical (unpaired) electrons. The lowest BCUT2D eigenvalue weighted by molar-refractivity contribution is -0.140. The Kier molecular flexibility index (Phi) is 3.37. The highest BCUT2D eigenvalue weighted by Gasteiger charge is 2.51. The highest BCUT2D eigenvalue weighted by Crippen LogP contribution is 2.35. The minimum atomic E-state index is -2.98. The Morgan fingerprint density at radius 3 is 2.58 bits per heavy atom. The van der Waals surface area contributed by atoms with Crippen molar-refractivity contribution in [3.8, 4) is 5.75 Å². The molecule has 2 rings (SSSR count). The van der Waals surface area contributed by atoms with E-state index < -0.39 is 24.0 Å². The maximum atomic E-state index is 12.0. The molecule has 0 saturated heterocycles. The van der Waals surface area contributed by atoms with Crippen molar-refractivity contribution in [2.24, 2.45) is 0 Å². The fourth-order valence-corrected chi connectivity index (χ4v) is 1.62. The Labute approximate surface area is 107 Å². The van der Waals surface area contributed by atoms with Gasteiger partial charge in [-0.2, -0.15) is 8.78 Å². The van der Waals surface area contributed by atoms with Crippen LogP contribution in [0.5, 0.6) is 5.75 Å². The van der Waals surface area contributed by atoms with Gasteiger partial charge in [0.2, 0.25) is 0 Å². The summed E-state index contributed by atoms with van der Waals surface area (Å²) < 4.78 is 28.2. The van der Waals surface area contributed by atoms with Gasteiger partial charge in [-0.05, 0) is 31.0 Å². The number of aliphatic carboxylic acids is 1. The van der Waals surface area contributed by atoms with E-state index in [-0.39, 0.29) is 11.3 Å². The molecule has 1 aromatic carbocycles. The lowest BCUT2D eigenvalue weighted by Gasteiger charge is -2.13. The number of ether oxygens (including phenoxy) is 1. The minimum absolute atomic E-state index is 0.0747. The molecule has 0 spiro atoms. The van der Waals surface area contributed by atoms with Crippen molar-refractivity contribution in [3.63, 3.8) is 0 Å². The number of benzene rings is 1. The summed E-state index contributed by atoms with van der Waals surface area (Å²) in [6, 6.07) is 5.20. The van der Waals surface area contributed by atoms with Crippen LogP contribution < -0.4 is 10.1 Å². The molecule has 0 aliphatic heterocycles. The zero-order valence-electron chi connectivity index (χ0n) is 9.73. The lowest BCUT2D eigenvalue weighted by atomic mass is 10.1. The maximum Gasteiger partial charge on any atom is 0.387 e. The van der Waals surface area contributed by atoms with Crippen LogP contribution in [0.25, 0.3) is 0 Å². The summed E-state index contributed by atoms with van der Waals surface area (Å²) in [6.07, 6.45) is 0.725. The van der Waals surface area contributed by atoms with E-state index in [9.17, 15) is 18.4 Å². The molecule has 19 heavy (non-hydrogen) atoms. The zero-order valence-corrected chi connectivity index (χ0v) is 9.73. The number of hydrogen-bond acceptors (Lipinski definition) is 3. The van der Waals surface area contributed by atoms with Gasteiger partial charge in [0.15, 0.2) is 0 Å². The van der Waals surface area contributed by atoms with Crippen LogP contribution >= 0.6 is 0 Å². The van der Waals surface area contributed by atoms with Gasteiger partial charge in [-0.3, -0.25) is 4.79 Å². The molecule has 102 valence electrons. The van der Waals surface area contributed by atoms with E-state index in [1.165, 1.54) is 18.2 Å². The first-order chi connectivity index (χ1) is 8.93. The molecule has 0 unspecified atom stereocenters. The minimum Gasteiger partial charge on any atom is -0.480 e. The molecule has 1 aliphatic carbocycles. The van der Waals surface area contributed by atoms with Crippen LogP contribution in [-0.2, 0) is 4.79 Å². The second-order valence-corrected chi connectivity index (χ2v) is 4.25. The summed E-state index contributed by atoms with van der Waals surface area (Å²) in [6.45, 7) is -2.98. The van der Waals surface area contributed by atoms with Gasteiger partial charge in [0.25, 0.3) is 5.91 Å². The molecule has 1 amide bonds. The first kappa shape index (κ1) is 13.3. The van der Waals surface area contributed by atoms with Crippen LogP contribution in [0.1, 0.15) is 23.2 Å². The third kappa shape index (κ3) is 2.98. The Morgan fingerprint density at radius 1 is 1.37 bits per heavy atom. The molecule has 0 aromatic heterocycles. The molecule has 1 aliphatic rings. The monoisotopic (exact) mass is 271 g/mol. The van der Waals surface area contributed by atoms with Crippen LogP contribution in [0.4, 0.5) is 8.78 Å². The van der Waals surface area contributed by atoms with E-state index in [2.05, 4.69) is 10.1 Å². The number of carbonyl (C=O) groups is 2. The number of halogens is 2. The van der Waals surface area contributed by atoms with Gasteiger partial charge in [0, 0.05) is 5.56 Å². The van der Waals surface area contributed by atoms with Gasteiger partial charge in [-0.25, -0.2) is 4.79 Å². The molecular weight excluding hydrogens is 260 g/mol. The van der Waals surface area contributed by atoms with Crippen molar-refractivity contribution in [2.75, 3.05) is 0 Å². The molecule has 0 heterocycles. The fraction of sp³-hybridized carbons (Fsp3) is 0.333. The van der Waals surface area contributed by atoms with Gasteiger partial charge >= 0.3 is 12.6 Å². The summed E-state index contributed by atoms with van der Waals surface area (Å²) in [4.78, 5) is 22.7. The molecule has 0 bridgehead atoms. The Hall–Kier alpha value is -2.18. The predicted molar refractivity (Wildman–Crippen MR) is 60.1 cm³/mol. The topological polar surface area (TPSA) is 75.6 Å². The van der Waals surface area contributed by atoms with Crippen molar-refractivity contribution in [3.05, 3.63) is 29.8 Å². The Balaban J connectivity index is 2.09. The fourth-order valence-electron chi connectivity index (χ4n) is 1.62. The zero-order chi connectivity index (χ0) is 14.0. The van der Waals surface area contributed by atoms with Gasteiger partial charge in [-0.15, -0.1) is 0 Å². The van der Waals surface area contributed by atoms with Crippen molar-refractivity contribution >= 4 is 11.9 Å². The van der Waals surface area contributed by atoms with Crippen LogP contribution in [0, 0.1) is 0 Å². The molecule has 1 aromatic rings. The summed E-state index contributed by atoms with van der Waals surface area (Å²) in [7, 11) is 0. The first-order valence-corrected chi connectivity index (χ1v) is 5.54. The molecule has 1 fully saturated rings. The van der Waals surface area contributed by atoms with E-state index in [1.807, 2.05) is 0 Å². The highest BCUT2D eigenvalue weighted by atomic mass is 19.3. The number of nitrogens with one attached hydrogen (secondary N) is 1. The largest absolute Gasteiger partial charge is 0.480 e. The second kappa shape index (κ2) is 4.83. The van der Waals surface area contributed by atoms with Gasteiger partial charge in [-0.1, -0.05) is 6.07 Å². The number of carbonyl (C=O) groups excluding carboxylic acids is 1. The Morgan fingerprint density at radius 2 is 2.05 bits per heavy atom. The smallest absolute Gasteiger partial charge is 0.387 e. The van der Waals surface area contributed by atoms with Crippen LogP contribution in [0.3, 0.4) is 0 Å². The van der Waals surface area contributed by atoms with Gasteiger partial charge < -0.3 is 15.2 Å². The molecular formula is C12H11F2NO4. The second-order valence-electron chi connectivity index (χ2n) is 4.25.